The number of hydrogen-bond donors (Lipinski definition) is 2. The molecule has 1 saturated carbocycles. The summed E-state index contributed by atoms with van der Waals surface area (Å²) in [7, 11) is 0. The molecule has 0 aliphatic heterocycles. The predicted octanol–water partition coefficient (Wildman–Crippen LogP) is 3.83. The fourth-order valence-corrected chi connectivity index (χ4v) is 4.19. The van der Waals surface area contributed by atoms with E-state index in [4.69, 9.17) is 4.74 Å². The molecule has 0 radical (unpaired) electrons. The van der Waals surface area contributed by atoms with E-state index < -0.39 is 6.10 Å². The number of aromatic nitrogens is 3. The van der Waals surface area contributed by atoms with Crippen LogP contribution in [0, 0.1) is 6.92 Å². The van der Waals surface area contributed by atoms with Crippen molar-refractivity contribution in [3.05, 3.63) is 64.7 Å². The highest BCUT2D eigenvalue weighted by Gasteiger charge is 2.20. The monoisotopic (exact) mass is 424 g/mol. The van der Waals surface area contributed by atoms with Crippen LogP contribution in [0.5, 0.6) is 5.75 Å². The van der Waals surface area contributed by atoms with E-state index in [0.29, 0.717) is 28.0 Å². The number of hydrogen-bond acceptors (Lipinski definition) is 7. The van der Waals surface area contributed by atoms with E-state index >= 15 is 0 Å². The lowest BCUT2D eigenvalue weighted by atomic mass is 10.1. The van der Waals surface area contributed by atoms with Gasteiger partial charge in [-0.1, -0.05) is 6.07 Å². The molecular weight excluding hydrogens is 400 g/mol. The number of nitrogens with zero attached hydrogens (tertiary/aromatic N) is 3. The number of pyridine rings is 2. The molecule has 1 amide bonds. The van der Waals surface area contributed by atoms with Gasteiger partial charge in [0.2, 0.25) is 5.91 Å². The molecule has 8 heteroatoms. The van der Waals surface area contributed by atoms with Crippen molar-refractivity contribution in [3.63, 3.8) is 0 Å². The number of aliphatic hydroxyl groups excluding tert-OH is 1. The summed E-state index contributed by atoms with van der Waals surface area (Å²) in [6.07, 6.45) is 6.90. The number of amides is 1. The molecule has 7 nitrogen and oxygen atoms in total. The van der Waals surface area contributed by atoms with Crippen LogP contribution in [0.1, 0.15) is 53.7 Å². The maximum atomic E-state index is 12.5. The number of carbonyl (C=O) groups excluding carboxylic acids is 1. The number of rotatable bonds is 7. The summed E-state index contributed by atoms with van der Waals surface area (Å²) < 4.78 is 6.13. The lowest BCUT2D eigenvalue weighted by Gasteiger charge is -2.17. The van der Waals surface area contributed by atoms with Gasteiger partial charge in [-0.25, -0.2) is 4.98 Å². The second kappa shape index (κ2) is 9.32. The van der Waals surface area contributed by atoms with E-state index in [1.54, 1.807) is 36.7 Å². The van der Waals surface area contributed by atoms with Crippen molar-refractivity contribution in [2.24, 2.45) is 0 Å². The second-order valence-electron chi connectivity index (χ2n) is 7.40. The summed E-state index contributed by atoms with van der Waals surface area (Å²) in [5.74, 6) is 0.405. The molecule has 2 N–H and O–H groups in total. The van der Waals surface area contributed by atoms with Crippen molar-refractivity contribution < 1.29 is 14.6 Å². The Bertz CT molecular complexity index is 1000. The number of thiazole rings is 1. The molecule has 3 aromatic rings. The van der Waals surface area contributed by atoms with Gasteiger partial charge in [0.05, 0.1) is 29.6 Å². The summed E-state index contributed by atoms with van der Waals surface area (Å²) in [6, 6.07) is 8.87. The Morgan fingerprint density at radius 3 is 2.80 bits per heavy atom. The molecular formula is C22H24N4O3S. The Morgan fingerprint density at radius 1 is 1.27 bits per heavy atom. The van der Waals surface area contributed by atoms with Gasteiger partial charge < -0.3 is 15.2 Å². The molecule has 1 atom stereocenters. The maximum Gasteiger partial charge on any atom is 0.232 e. The zero-order valence-corrected chi connectivity index (χ0v) is 17.6. The average Bonchev–Trinajstić information content (AvgIpc) is 3.39. The Hall–Kier alpha value is -2.84. The third-order valence-electron chi connectivity index (χ3n) is 4.93. The normalized spacial score (nSPS) is 15.1. The van der Waals surface area contributed by atoms with Crippen molar-refractivity contribution in [2.45, 2.75) is 51.2 Å². The van der Waals surface area contributed by atoms with Crippen molar-refractivity contribution in [1.29, 1.82) is 0 Å². The van der Waals surface area contributed by atoms with E-state index in [0.717, 1.165) is 30.6 Å². The molecule has 0 bridgehead atoms. The minimum Gasteiger partial charge on any atom is -0.490 e. The minimum absolute atomic E-state index is 0.0580. The van der Waals surface area contributed by atoms with Crippen molar-refractivity contribution in [3.8, 4) is 5.75 Å². The molecule has 1 fully saturated rings. The smallest absolute Gasteiger partial charge is 0.232 e. The Balaban J connectivity index is 1.56. The molecule has 0 saturated heterocycles. The highest BCUT2D eigenvalue weighted by atomic mass is 32.1. The molecule has 3 heterocycles. The number of aryl methyl sites for hydroxylation is 1. The highest BCUT2D eigenvalue weighted by molar-refractivity contribution is 7.15. The van der Waals surface area contributed by atoms with Crippen LogP contribution in [-0.2, 0) is 11.2 Å². The fourth-order valence-electron chi connectivity index (χ4n) is 3.51. The van der Waals surface area contributed by atoms with E-state index in [1.807, 2.05) is 13.0 Å². The van der Waals surface area contributed by atoms with Crippen LogP contribution < -0.4 is 10.1 Å². The van der Waals surface area contributed by atoms with Gasteiger partial charge in [-0.2, -0.15) is 0 Å². The average molecular weight is 425 g/mol. The zero-order valence-electron chi connectivity index (χ0n) is 16.7. The number of anilines is 1. The molecule has 0 aromatic carbocycles. The first kappa shape index (κ1) is 20.4. The molecule has 4 rings (SSSR count). The van der Waals surface area contributed by atoms with Crippen LogP contribution in [-0.4, -0.2) is 32.1 Å². The molecule has 3 aromatic heterocycles. The Labute approximate surface area is 179 Å². The Morgan fingerprint density at radius 2 is 2.10 bits per heavy atom. The quantitative estimate of drug-likeness (QED) is 0.598. The Kier molecular flexibility index (Phi) is 6.35. The number of ether oxygens (including phenoxy) is 1. The lowest BCUT2D eigenvalue weighted by Crippen LogP contribution is -2.17. The third kappa shape index (κ3) is 5.20. The summed E-state index contributed by atoms with van der Waals surface area (Å²) in [5, 5.41) is 14.1. The van der Waals surface area contributed by atoms with Gasteiger partial charge >= 0.3 is 0 Å². The number of nitrogens with one attached hydrogen (secondary N) is 1. The van der Waals surface area contributed by atoms with Crippen LogP contribution >= 0.6 is 11.3 Å². The van der Waals surface area contributed by atoms with Gasteiger partial charge in [-0.05, 0) is 44.7 Å². The molecule has 0 spiro atoms. The summed E-state index contributed by atoms with van der Waals surface area (Å²) in [6.45, 7) is 1.93. The zero-order chi connectivity index (χ0) is 20.9. The van der Waals surface area contributed by atoms with Crippen LogP contribution in [0.3, 0.4) is 0 Å². The standard InChI is InChI=1S/C22H24N4O3S/c1-14-13-24-22(30-14)26-20(27)11-15-10-17(29-16-6-2-3-7-16)12-19(25-15)21(28)18-8-4-5-9-23-18/h4-5,8-10,12-13,16,21,28H,2-3,6-7,11H2,1H3,(H,24,26,27). The summed E-state index contributed by atoms with van der Waals surface area (Å²) in [5.41, 5.74) is 1.44. The SMILES string of the molecule is Cc1cnc(NC(=O)Cc2cc(OC3CCCC3)cc(C(O)c3ccccn3)n2)s1. The first-order valence-electron chi connectivity index (χ1n) is 10.1. The van der Waals surface area contributed by atoms with E-state index in [9.17, 15) is 9.90 Å². The van der Waals surface area contributed by atoms with Gasteiger partial charge in [0, 0.05) is 29.4 Å². The number of aliphatic hydroxyl groups is 1. The van der Waals surface area contributed by atoms with Gasteiger partial charge in [-0.3, -0.25) is 14.8 Å². The van der Waals surface area contributed by atoms with Crippen molar-refractivity contribution in [2.75, 3.05) is 5.32 Å². The first-order valence-corrected chi connectivity index (χ1v) is 10.9. The van der Waals surface area contributed by atoms with Gasteiger partial charge in [-0.15, -0.1) is 11.3 Å². The van der Waals surface area contributed by atoms with Crippen molar-refractivity contribution in [1.82, 2.24) is 15.0 Å². The first-order chi connectivity index (χ1) is 14.6. The lowest BCUT2D eigenvalue weighted by molar-refractivity contribution is -0.115. The molecule has 1 unspecified atom stereocenters. The number of carbonyl (C=O) groups is 1. The van der Waals surface area contributed by atoms with Crippen LogP contribution in [0.2, 0.25) is 0 Å². The second-order valence-corrected chi connectivity index (χ2v) is 8.64. The predicted molar refractivity (Wildman–Crippen MR) is 115 cm³/mol. The topological polar surface area (TPSA) is 97.2 Å². The van der Waals surface area contributed by atoms with Crippen LogP contribution in [0.25, 0.3) is 0 Å². The summed E-state index contributed by atoms with van der Waals surface area (Å²) >= 11 is 1.42. The molecule has 1 aliphatic rings. The van der Waals surface area contributed by atoms with Crippen LogP contribution in [0.15, 0.2) is 42.7 Å². The van der Waals surface area contributed by atoms with Gasteiger partial charge in [0.15, 0.2) is 5.13 Å². The van der Waals surface area contributed by atoms with Crippen molar-refractivity contribution >= 4 is 22.4 Å². The summed E-state index contributed by atoms with van der Waals surface area (Å²) in [4.78, 5) is 26.4. The van der Waals surface area contributed by atoms with E-state index in [2.05, 4.69) is 20.3 Å². The molecule has 1 aliphatic carbocycles. The molecule has 156 valence electrons. The minimum atomic E-state index is -0.998. The largest absolute Gasteiger partial charge is 0.490 e. The third-order valence-corrected chi connectivity index (χ3v) is 5.76. The van der Waals surface area contributed by atoms with Gasteiger partial charge in [0.1, 0.15) is 11.9 Å². The van der Waals surface area contributed by atoms with Crippen LogP contribution in [0.4, 0.5) is 5.13 Å². The van der Waals surface area contributed by atoms with E-state index in [1.165, 1.54) is 11.3 Å². The fraction of sp³-hybridized carbons (Fsp3) is 0.364. The highest BCUT2D eigenvalue weighted by Crippen LogP contribution is 2.28. The molecule has 30 heavy (non-hydrogen) atoms. The van der Waals surface area contributed by atoms with Gasteiger partial charge in [0.25, 0.3) is 0 Å². The van der Waals surface area contributed by atoms with E-state index in [-0.39, 0.29) is 18.4 Å². The maximum absolute atomic E-state index is 12.5.